The van der Waals surface area contributed by atoms with Gasteiger partial charge in [0.25, 0.3) is 0 Å². The number of carbonyl (C=O) groups excluding carboxylic acids is 1. The molecule has 0 aliphatic heterocycles. The zero-order chi connectivity index (χ0) is 17.1. The summed E-state index contributed by atoms with van der Waals surface area (Å²) in [5.74, 6) is -0.0443. The summed E-state index contributed by atoms with van der Waals surface area (Å²) in [6.07, 6.45) is 0.621. The first-order valence-corrected chi connectivity index (χ1v) is 8.06. The minimum absolute atomic E-state index is 0.288. The van der Waals surface area contributed by atoms with Crippen molar-refractivity contribution in [3.8, 4) is 11.5 Å². The minimum Gasteiger partial charge on any atom is -0.462 e. The van der Waals surface area contributed by atoms with Crippen LogP contribution in [0.5, 0.6) is 0 Å². The molecule has 1 aromatic heterocycles. The van der Waals surface area contributed by atoms with E-state index in [1.807, 2.05) is 0 Å². The summed E-state index contributed by atoms with van der Waals surface area (Å²) < 4.78 is 10.8. The molecule has 0 fully saturated rings. The largest absolute Gasteiger partial charge is 0.462 e. The number of rotatable bonds is 5. The third-order valence-electron chi connectivity index (χ3n) is 3.32. The zero-order valence-electron chi connectivity index (χ0n) is 12.6. The number of fused-ring (bicyclic) bond motifs is 1. The molecule has 0 spiro atoms. The highest BCUT2D eigenvalue weighted by atomic mass is 35.5. The first-order chi connectivity index (χ1) is 11.6. The highest BCUT2D eigenvalue weighted by Crippen LogP contribution is 2.29. The summed E-state index contributed by atoms with van der Waals surface area (Å²) in [5, 5.41) is 0.979. The van der Waals surface area contributed by atoms with Gasteiger partial charge in [-0.1, -0.05) is 23.2 Å². The first kappa shape index (κ1) is 16.8. The van der Waals surface area contributed by atoms with Crippen LogP contribution < -0.4 is 5.73 Å². The molecule has 0 aliphatic rings. The molecule has 3 rings (SSSR count). The third-order valence-corrected chi connectivity index (χ3v) is 3.75. The predicted octanol–water partition coefficient (Wildman–Crippen LogP) is 4.31. The molecular formula is C17H14Cl2N2O3. The number of aromatic nitrogens is 1. The van der Waals surface area contributed by atoms with Crippen molar-refractivity contribution in [3.05, 3.63) is 52.0 Å². The van der Waals surface area contributed by atoms with Gasteiger partial charge in [-0.15, -0.1) is 0 Å². The lowest BCUT2D eigenvalue weighted by atomic mass is 10.2. The van der Waals surface area contributed by atoms with Crippen LogP contribution in [0, 0.1) is 0 Å². The van der Waals surface area contributed by atoms with Gasteiger partial charge in [-0.25, -0.2) is 9.78 Å². The fraction of sp³-hybridized carbons (Fsp3) is 0.176. The number of carbonyl (C=O) groups is 1. The maximum absolute atomic E-state index is 12.0. The van der Waals surface area contributed by atoms with E-state index in [0.717, 1.165) is 0 Å². The predicted molar refractivity (Wildman–Crippen MR) is 93.4 cm³/mol. The Bertz CT molecular complexity index is 872. The Labute approximate surface area is 148 Å². The summed E-state index contributed by atoms with van der Waals surface area (Å²) in [7, 11) is 0. The quantitative estimate of drug-likeness (QED) is 0.539. The van der Waals surface area contributed by atoms with E-state index >= 15 is 0 Å². The van der Waals surface area contributed by atoms with Crippen molar-refractivity contribution < 1.29 is 13.9 Å². The van der Waals surface area contributed by atoms with Crippen molar-refractivity contribution in [3.63, 3.8) is 0 Å². The van der Waals surface area contributed by atoms with E-state index in [0.29, 0.717) is 51.1 Å². The van der Waals surface area contributed by atoms with E-state index in [1.165, 1.54) is 0 Å². The van der Waals surface area contributed by atoms with E-state index in [9.17, 15) is 4.79 Å². The molecule has 7 heteroatoms. The van der Waals surface area contributed by atoms with E-state index in [2.05, 4.69) is 4.98 Å². The van der Waals surface area contributed by atoms with Crippen LogP contribution in [0.25, 0.3) is 22.6 Å². The lowest BCUT2D eigenvalue weighted by Crippen LogP contribution is -2.09. The van der Waals surface area contributed by atoms with Crippen LogP contribution in [0.15, 0.2) is 40.8 Å². The van der Waals surface area contributed by atoms with Crippen LogP contribution >= 0.6 is 23.2 Å². The average molecular weight is 365 g/mol. The van der Waals surface area contributed by atoms with Crippen LogP contribution in [-0.2, 0) is 4.74 Å². The molecular weight excluding hydrogens is 351 g/mol. The van der Waals surface area contributed by atoms with Crippen LogP contribution in [0.3, 0.4) is 0 Å². The maximum Gasteiger partial charge on any atom is 0.338 e. The number of halogens is 2. The standard InChI is InChI=1S/C17H14Cl2N2O3/c18-12-6-11(7-13(19)9-12)16-21-14-3-2-10(8-15(14)24-16)17(22)23-5-1-4-20/h2-3,6-9H,1,4-5,20H2. The monoisotopic (exact) mass is 364 g/mol. The number of hydrogen-bond acceptors (Lipinski definition) is 5. The van der Waals surface area contributed by atoms with E-state index in [4.69, 9.17) is 38.1 Å². The number of ether oxygens (including phenoxy) is 1. The van der Waals surface area contributed by atoms with Gasteiger partial charge in [0, 0.05) is 15.6 Å². The lowest BCUT2D eigenvalue weighted by molar-refractivity contribution is 0.0503. The van der Waals surface area contributed by atoms with Crippen molar-refractivity contribution in [2.75, 3.05) is 13.2 Å². The van der Waals surface area contributed by atoms with Crippen molar-refractivity contribution in [1.29, 1.82) is 0 Å². The molecule has 5 nitrogen and oxygen atoms in total. The topological polar surface area (TPSA) is 78.4 Å². The summed E-state index contributed by atoms with van der Waals surface area (Å²) in [5.41, 5.74) is 7.54. The Morgan fingerprint density at radius 1 is 1.17 bits per heavy atom. The summed E-state index contributed by atoms with van der Waals surface area (Å²) in [6.45, 7) is 0.760. The number of benzene rings is 2. The van der Waals surface area contributed by atoms with Gasteiger partial charge in [0.1, 0.15) is 5.52 Å². The van der Waals surface area contributed by atoms with Gasteiger partial charge in [-0.3, -0.25) is 0 Å². The average Bonchev–Trinajstić information content (AvgIpc) is 2.97. The fourth-order valence-electron chi connectivity index (χ4n) is 2.18. The second-order valence-corrected chi connectivity index (χ2v) is 6.01. The number of nitrogens with two attached hydrogens (primary N) is 1. The first-order valence-electron chi connectivity index (χ1n) is 7.31. The van der Waals surface area contributed by atoms with Crippen molar-refractivity contribution in [2.24, 2.45) is 5.73 Å². The van der Waals surface area contributed by atoms with Gasteiger partial charge in [0.2, 0.25) is 5.89 Å². The Balaban J connectivity index is 1.90. The minimum atomic E-state index is -0.422. The number of nitrogens with zero attached hydrogens (tertiary/aromatic N) is 1. The van der Waals surface area contributed by atoms with Gasteiger partial charge in [0.05, 0.1) is 12.2 Å². The van der Waals surface area contributed by atoms with E-state index in [1.54, 1.807) is 36.4 Å². The molecule has 1 heterocycles. The molecule has 0 aliphatic carbocycles. The highest BCUT2D eigenvalue weighted by Gasteiger charge is 2.13. The summed E-state index contributed by atoms with van der Waals surface area (Å²) in [6, 6.07) is 9.99. The Morgan fingerprint density at radius 2 is 1.92 bits per heavy atom. The molecule has 0 bridgehead atoms. The fourth-order valence-corrected chi connectivity index (χ4v) is 2.71. The van der Waals surface area contributed by atoms with Gasteiger partial charge in [-0.2, -0.15) is 0 Å². The van der Waals surface area contributed by atoms with Crippen LogP contribution in [0.2, 0.25) is 10.0 Å². The van der Waals surface area contributed by atoms with Gasteiger partial charge in [-0.05, 0) is 49.4 Å². The normalized spacial score (nSPS) is 11.0. The Morgan fingerprint density at radius 3 is 2.62 bits per heavy atom. The van der Waals surface area contributed by atoms with E-state index in [-0.39, 0.29) is 6.61 Å². The summed E-state index contributed by atoms with van der Waals surface area (Å²) in [4.78, 5) is 16.4. The lowest BCUT2D eigenvalue weighted by Gasteiger charge is -2.03. The molecule has 2 N–H and O–H groups in total. The molecule has 0 saturated heterocycles. The number of esters is 1. The van der Waals surface area contributed by atoms with Crippen molar-refractivity contribution in [1.82, 2.24) is 4.98 Å². The third kappa shape index (κ3) is 3.70. The van der Waals surface area contributed by atoms with Gasteiger partial charge >= 0.3 is 5.97 Å². The van der Waals surface area contributed by atoms with Crippen LogP contribution in [-0.4, -0.2) is 24.1 Å². The SMILES string of the molecule is NCCCOC(=O)c1ccc2nc(-c3cc(Cl)cc(Cl)c3)oc2c1. The smallest absolute Gasteiger partial charge is 0.338 e. The zero-order valence-corrected chi connectivity index (χ0v) is 14.1. The Kier molecular flexibility index (Phi) is 5.04. The number of hydrogen-bond donors (Lipinski definition) is 1. The molecule has 0 saturated carbocycles. The molecule has 0 atom stereocenters. The van der Waals surface area contributed by atoms with E-state index < -0.39 is 5.97 Å². The highest BCUT2D eigenvalue weighted by molar-refractivity contribution is 6.35. The Hall–Kier alpha value is -2.08. The van der Waals surface area contributed by atoms with Crippen LogP contribution in [0.1, 0.15) is 16.8 Å². The maximum atomic E-state index is 12.0. The number of oxazole rings is 1. The van der Waals surface area contributed by atoms with Crippen molar-refractivity contribution in [2.45, 2.75) is 6.42 Å². The van der Waals surface area contributed by atoms with Gasteiger partial charge in [0.15, 0.2) is 5.58 Å². The van der Waals surface area contributed by atoms with Gasteiger partial charge < -0.3 is 14.9 Å². The van der Waals surface area contributed by atoms with Crippen LogP contribution in [0.4, 0.5) is 0 Å². The summed E-state index contributed by atoms with van der Waals surface area (Å²) >= 11 is 12.0. The molecule has 3 aromatic rings. The molecule has 2 aromatic carbocycles. The molecule has 24 heavy (non-hydrogen) atoms. The molecule has 0 unspecified atom stereocenters. The molecule has 0 radical (unpaired) electrons. The molecule has 124 valence electrons. The molecule has 0 amide bonds. The second kappa shape index (κ2) is 7.21. The van der Waals surface area contributed by atoms with Crippen molar-refractivity contribution >= 4 is 40.3 Å². The second-order valence-electron chi connectivity index (χ2n) is 5.14.